The van der Waals surface area contributed by atoms with Gasteiger partial charge in [-0.3, -0.25) is 9.36 Å². The molecule has 1 N–H and O–H groups in total. The maximum absolute atomic E-state index is 15.5. The van der Waals surface area contributed by atoms with Crippen LogP contribution < -0.4 is 5.56 Å². The second kappa shape index (κ2) is 7.28. The van der Waals surface area contributed by atoms with Gasteiger partial charge < -0.3 is 14.1 Å². The number of imidazole rings is 1. The van der Waals surface area contributed by atoms with Crippen molar-refractivity contribution < 1.29 is 13.6 Å². The Morgan fingerprint density at radius 1 is 1.46 bits per heavy atom. The predicted molar refractivity (Wildman–Crippen MR) is 103 cm³/mol. The maximum Gasteiger partial charge on any atom is 0.278 e. The van der Waals surface area contributed by atoms with E-state index in [0.29, 0.717) is 0 Å². The second-order valence-electron chi connectivity index (χ2n) is 8.32. The zero-order valence-electron chi connectivity index (χ0n) is 16.5. The molecule has 152 valence electrons. The molecule has 3 heterocycles. The number of azide groups is 1. The van der Waals surface area contributed by atoms with Crippen molar-refractivity contribution in [2.75, 3.05) is 6.54 Å². The number of aromatic nitrogens is 4. The van der Waals surface area contributed by atoms with Crippen LogP contribution in [0.4, 0.5) is 4.39 Å². The molecule has 0 aromatic carbocycles. The van der Waals surface area contributed by atoms with Crippen LogP contribution in [-0.4, -0.2) is 52.8 Å². The topological polar surface area (TPSA) is 131 Å². The first-order valence-electron chi connectivity index (χ1n) is 8.95. The van der Waals surface area contributed by atoms with Gasteiger partial charge in [0.25, 0.3) is 5.56 Å². The van der Waals surface area contributed by atoms with Crippen molar-refractivity contribution in [3.63, 3.8) is 0 Å². The lowest BCUT2D eigenvalue weighted by atomic mass is 10.1. The first kappa shape index (κ1) is 20.5. The van der Waals surface area contributed by atoms with Crippen LogP contribution in [0.15, 0.2) is 22.6 Å². The van der Waals surface area contributed by atoms with Crippen LogP contribution in [0.2, 0.25) is 18.1 Å². The van der Waals surface area contributed by atoms with Gasteiger partial charge in [-0.2, -0.15) is 0 Å². The summed E-state index contributed by atoms with van der Waals surface area (Å²) < 4.78 is 29.0. The number of hydrogen-bond acceptors (Lipinski definition) is 6. The molecule has 4 atom stereocenters. The first-order chi connectivity index (χ1) is 13.1. The average molecular weight is 409 g/mol. The molecule has 12 heteroatoms. The van der Waals surface area contributed by atoms with Crippen LogP contribution in [0.5, 0.6) is 0 Å². The van der Waals surface area contributed by atoms with Crippen molar-refractivity contribution in [3.05, 3.63) is 33.5 Å². The highest BCUT2D eigenvalue weighted by molar-refractivity contribution is 6.74. The lowest BCUT2D eigenvalue weighted by Crippen LogP contribution is -2.48. The Morgan fingerprint density at radius 3 is 2.82 bits per heavy atom. The number of fused-ring (bicyclic) bond motifs is 1. The monoisotopic (exact) mass is 409 g/mol. The third-order valence-corrected chi connectivity index (χ3v) is 9.94. The largest absolute Gasteiger partial charge is 0.408 e. The van der Waals surface area contributed by atoms with Gasteiger partial charge in [0.15, 0.2) is 31.9 Å². The van der Waals surface area contributed by atoms with Gasteiger partial charge in [0.2, 0.25) is 0 Å². The van der Waals surface area contributed by atoms with E-state index in [1.54, 1.807) is 0 Å². The van der Waals surface area contributed by atoms with Gasteiger partial charge in [0.1, 0.15) is 6.10 Å². The minimum atomic E-state index is -2.32. The molecule has 28 heavy (non-hydrogen) atoms. The van der Waals surface area contributed by atoms with Crippen LogP contribution in [-0.2, 0) is 9.16 Å². The summed E-state index contributed by atoms with van der Waals surface area (Å²) in [7, 11) is -2.32. The van der Waals surface area contributed by atoms with Crippen LogP contribution in [0.25, 0.3) is 21.6 Å². The normalized spacial score (nSPS) is 25.8. The van der Waals surface area contributed by atoms with E-state index in [0.717, 1.165) is 0 Å². The molecule has 0 saturated carbocycles. The molecule has 1 aliphatic rings. The van der Waals surface area contributed by atoms with Crippen molar-refractivity contribution in [2.24, 2.45) is 5.11 Å². The summed E-state index contributed by atoms with van der Waals surface area (Å²) in [4.78, 5) is 25.2. The molecule has 1 saturated heterocycles. The smallest absolute Gasteiger partial charge is 0.278 e. The molecule has 3 rings (SSSR count). The molecule has 0 bridgehead atoms. The maximum atomic E-state index is 15.5. The van der Waals surface area contributed by atoms with Crippen molar-refractivity contribution >= 4 is 19.5 Å². The summed E-state index contributed by atoms with van der Waals surface area (Å²) in [5.74, 6) is 0. The Balaban J connectivity index is 1.97. The molecule has 2 aromatic heterocycles. The number of rotatable bonds is 5. The van der Waals surface area contributed by atoms with Gasteiger partial charge in [-0.25, -0.2) is 14.4 Å². The number of halogens is 1. The fourth-order valence-corrected chi connectivity index (χ4v) is 4.20. The quantitative estimate of drug-likeness (QED) is 0.351. The number of nitrogens with zero attached hydrogens (tertiary/aromatic N) is 6. The molecular formula is C16H24FN7O3Si. The van der Waals surface area contributed by atoms with Gasteiger partial charge in [-0.05, 0) is 23.7 Å². The van der Waals surface area contributed by atoms with Gasteiger partial charge in [-0.15, -0.1) is 0 Å². The highest BCUT2D eigenvalue weighted by atomic mass is 28.4. The number of hydrogen-bond donors (Lipinski definition) is 1. The third kappa shape index (κ3) is 3.55. The highest BCUT2D eigenvalue weighted by Gasteiger charge is 2.51. The highest BCUT2D eigenvalue weighted by Crippen LogP contribution is 2.42. The van der Waals surface area contributed by atoms with Crippen molar-refractivity contribution in [1.82, 2.24) is 19.5 Å². The Kier molecular flexibility index (Phi) is 5.32. The number of alkyl halides is 1. The first-order valence-corrected chi connectivity index (χ1v) is 11.9. The van der Waals surface area contributed by atoms with Gasteiger partial charge in [-0.1, -0.05) is 25.9 Å². The van der Waals surface area contributed by atoms with E-state index in [4.69, 9.17) is 14.7 Å². The molecule has 1 fully saturated rings. The summed E-state index contributed by atoms with van der Waals surface area (Å²) in [6, 6.07) is 0. The van der Waals surface area contributed by atoms with Gasteiger partial charge in [0.05, 0.1) is 25.3 Å². The number of aromatic amines is 1. The van der Waals surface area contributed by atoms with Crippen LogP contribution in [0.1, 0.15) is 27.0 Å². The Bertz CT molecular complexity index is 963. The molecule has 0 radical (unpaired) electrons. The molecule has 1 unspecified atom stereocenters. The standard InChI is InChI=1S/C16H24FN7O3Si/c1-16(2,3)28(4,5)27-12-9(6-22-23-18)26-15(10(12)17)24-8-21-11-13(24)19-7-20-14(11)25/h7-10,12,15H,6H2,1-5H3,(H,19,20,25)/t9-,10-,12?,15-/m1/s1. The lowest BCUT2D eigenvalue weighted by molar-refractivity contribution is -0.0172. The van der Waals surface area contributed by atoms with Gasteiger partial charge >= 0.3 is 0 Å². The fraction of sp³-hybridized carbons (Fsp3) is 0.688. The van der Waals surface area contributed by atoms with E-state index < -0.39 is 38.5 Å². The summed E-state index contributed by atoms with van der Waals surface area (Å²) in [6.45, 7) is 10.1. The second-order valence-corrected chi connectivity index (χ2v) is 13.1. The van der Waals surface area contributed by atoms with Crippen molar-refractivity contribution in [1.29, 1.82) is 0 Å². The number of H-pyrrole nitrogens is 1. The van der Waals surface area contributed by atoms with Crippen LogP contribution in [0.3, 0.4) is 0 Å². The molecule has 1 aliphatic heterocycles. The van der Waals surface area contributed by atoms with Crippen molar-refractivity contribution in [3.8, 4) is 0 Å². The summed E-state index contributed by atoms with van der Waals surface area (Å²) in [5, 5.41) is 3.42. The Labute approximate surface area is 161 Å². The lowest BCUT2D eigenvalue weighted by Gasteiger charge is -2.39. The SMILES string of the molecule is CC(C)(C)[Si](C)(C)OC1[C@@H](F)[C@H](n2cnc3c(=O)[nH]cnc32)O[C@@H]1CN=[N+]=[N-]. The van der Waals surface area contributed by atoms with Crippen LogP contribution >= 0.6 is 0 Å². The average Bonchev–Trinajstić information content (AvgIpc) is 3.15. The summed E-state index contributed by atoms with van der Waals surface area (Å²) in [6.07, 6.45) is -1.75. The van der Waals surface area contributed by atoms with E-state index in [1.165, 1.54) is 17.2 Å². The molecule has 0 amide bonds. The summed E-state index contributed by atoms with van der Waals surface area (Å²) in [5.41, 5.74) is 8.57. The van der Waals surface area contributed by atoms with Crippen LogP contribution in [0, 0.1) is 0 Å². The molecule has 10 nitrogen and oxygen atoms in total. The predicted octanol–water partition coefficient (Wildman–Crippen LogP) is 3.06. The number of nitrogens with one attached hydrogen (secondary N) is 1. The molecular weight excluding hydrogens is 385 g/mol. The Hall–Kier alpha value is -2.27. The fourth-order valence-electron chi connectivity index (χ4n) is 2.89. The minimum absolute atomic E-state index is 0.0622. The van der Waals surface area contributed by atoms with Gasteiger partial charge in [0, 0.05) is 4.91 Å². The van der Waals surface area contributed by atoms with E-state index in [9.17, 15) is 4.79 Å². The van der Waals surface area contributed by atoms with Crippen molar-refractivity contribution in [2.45, 2.75) is 63.5 Å². The zero-order valence-corrected chi connectivity index (χ0v) is 17.5. The molecule has 0 aliphatic carbocycles. The third-order valence-electron chi connectivity index (χ3n) is 5.47. The molecule has 2 aromatic rings. The Morgan fingerprint density at radius 2 is 2.18 bits per heavy atom. The van der Waals surface area contributed by atoms with E-state index in [-0.39, 0.29) is 22.7 Å². The number of ether oxygens (including phenoxy) is 1. The van der Waals surface area contributed by atoms with E-state index in [2.05, 4.69) is 45.7 Å². The molecule has 0 spiro atoms. The minimum Gasteiger partial charge on any atom is -0.408 e. The van der Waals surface area contributed by atoms with E-state index >= 15 is 4.39 Å². The zero-order chi connectivity index (χ0) is 20.7. The van der Waals surface area contributed by atoms with E-state index in [1.807, 2.05) is 13.1 Å². The summed E-state index contributed by atoms with van der Waals surface area (Å²) >= 11 is 0.